The van der Waals surface area contributed by atoms with Crippen molar-refractivity contribution in [2.24, 2.45) is 0 Å². The van der Waals surface area contributed by atoms with E-state index in [1.54, 1.807) is 0 Å². The second-order valence-electron chi connectivity index (χ2n) is 5.97. The van der Waals surface area contributed by atoms with Crippen molar-refractivity contribution in [1.82, 2.24) is 10.3 Å². The normalized spacial score (nSPS) is 26.8. The molecule has 1 aromatic rings. The Morgan fingerprint density at radius 1 is 1.30 bits per heavy atom. The Labute approximate surface area is 121 Å². The topological polar surface area (TPSA) is 43.4 Å². The number of hydrogen-bond donors (Lipinski definition) is 1. The van der Waals surface area contributed by atoms with E-state index in [0.717, 1.165) is 31.0 Å². The average molecular weight is 278 g/mol. The molecule has 1 aliphatic rings. The molecule has 20 heavy (non-hydrogen) atoms. The summed E-state index contributed by atoms with van der Waals surface area (Å²) in [6, 6.07) is 6.42. The lowest BCUT2D eigenvalue weighted by molar-refractivity contribution is -0.0729. The molecule has 0 saturated carbocycles. The number of ether oxygens (including phenoxy) is 2. The molecule has 0 radical (unpaired) electrons. The minimum Gasteiger partial charge on any atom is -0.474 e. The van der Waals surface area contributed by atoms with Crippen molar-refractivity contribution >= 4 is 0 Å². The lowest BCUT2D eigenvalue weighted by Crippen LogP contribution is -2.35. The highest BCUT2D eigenvalue weighted by Gasteiger charge is 2.26. The predicted octanol–water partition coefficient (Wildman–Crippen LogP) is 2.91. The summed E-state index contributed by atoms with van der Waals surface area (Å²) < 4.78 is 11.8. The first kappa shape index (κ1) is 15.3. The van der Waals surface area contributed by atoms with Gasteiger partial charge in [0.25, 0.3) is 0 Å². The van der Waals surface area contributed by atoms with Gasteiger partial charge in [-0.2, -0.15) is 0 Å². The van der Waals surface area contributed by atoms with E-state index in [2.05, 4.69) is 38.0 Å². The Morgan fingerprint density at radius 3 is 2.65 bits per heavy atom. The van der Waals surface area contributed by atoms with Gasteiger partial charge < -0.3 is 14.8 Å². The fourth-order valence-electron chi connectivity index (χ4n) is 2.54. The van der Waals surface area contributed by atoms with Crippen LogP contribution in [0.15, 0.2) is 18.2 Å². The monoisotopic (exact) mass is 278 g/mol. The first-order chi connectivity index (χ1) is 9.52. The molecule has 2 atom stereocenters. The zero-order chi connectivity index (χ0) is 14.5. The molecule has 1 fully saturated rings. The third kappa shape index (κ3) is 4.76. The van der Waals surface area contributed by atoms with E-state index in [4.69, 9.17) is 9.47 Å². The second kappa shape index (κ2) is 7.04. The molecule has 1 aromatic heterocycles. The van der Waals surface area contributed by atoms with Crippen molar-refractivity contribution in [2.45, 2.75) is 71.4 Å². The van der Waals surface area contributed by atoms with Gasteiger partial charge in [-0.15, -0.1) is 0 Å². The molecule has 0 bridgehead atoms. The molecule has 0 aliphatic carbocycles. The molecule has 4 nitrogen and oxygen atoms in total. The van der Waals surface area contributed by atoms with E-state index >= 15 is 0 Å². The van der Waals surface area contributed by atoms with Crippen LogP contribution in [0, 0.1) is 0 Å². The van der Waals surface area contributed by atoms with Gasteiger partial charge in [0.2, 0.25) is 5.88 Å². The second-order valence-corrected chi connectivity index (χ2v) is 5.97. The van der Waals surface area contributed by atoms with Crippen LogP contribution in [0.25, 0.3) is 0 Å². The molecule has 1 aliphatic heterocycles. The predicted molar refractivity (Wildman–Crippen MR) is 79.9 cm³/mol. The summed E-state index contributed by atoms with van der Waals surface area (Å²) >= 11 is 0. The van der Waals surface area contributed by atoms with Gasteiger partial charge in [-0.25, -0.2) is 4.98 Å². The van der Waals surface area contributed by atoms with E-state index in [1.165, 1.54) is 0 Å². The minimum atomic E-state index is 0.203. The molecule has 0 aromatic carbocycles. The molecule has 2 rings (SSSR count). The number of nitrogens with one attached hydrogen (secondary N) is 1. The number of hydrogen-bond acceptors (Lipinski definition) is 4. The van der Waals surface area contributed by atoms with Crippen molar-refractivity contribution < 1.29 is 9.47 Å². The Balaban J connectivity index is 1.93. The largest absolute Gasteiger partial charge is 0.474 e. The Morgan fingerprint density at radius 2 is 2.00 bits per heavy atom. The zero-order valence-corrected chi connectivity index (χ0v) is 12.9. The number of rotatable bonds is 5. The summed E-state index contributed by atoms with van der Waals surface area (Å²) in [5, 5.41) is 3.37. The van der Waals surface area contributed by atoms with E-state index < -0.39 is 0 Å². The summed E-state index contributed by atoms with van der Waals surface area (Å²) in [6.07, 6.45) is 2.58. The first-order valence-corrected chi connectivity index (χ1v) is 7.54. The lowest BCUT2D eigenvalue weighted by Gasteiger charge is -2.32. The summed E-state index contributed by atoms with van der Waals surface area (Å²) in [6.45, 7) is 9.23. The van der Waals surface area contributed by atoms with Gasteiger partial charge in [0.05, 0.1) is 17.9 Å². The molecule has 0 spiro atoms. The number of pyridine rings is 1. The van der Waals surface area contributed by atoms with Crippen LogP contribution in [0.1, 0.15) is 46.2 Å². The molecule has 2 heterocycles. The average Bonchev–Trinajstić information content (AvgIpc) is 2.35. The molecule has 1 saturated heterocycles. The van der Waals surface area contributed by atoms with Crippen molar-refractivity contribution in [2.75, 3.05) is 0 Å². The van der Waals surface area contributed by atoms with Gasteiger partial charge in [0.15, 0.2) is 0 Å². The molecular weight excluding hydrogens is 252 g/mol. The summed E-state index contributed by atoms with van der Waals surface area (Å²) in [4.78, 5) is 4.56. The minimum absolute atomic E-state index is 0.203. The Bertz CT molecular complexity index is 413. The molecule has 2 unspecified atom stereocenters. The molecule has 1 N–H and O–H groups in total. The maximum absolute atomic E-state index is 6.02. The van der Waals surface area contributed by atoms with Gasteiger partial charge in [-0.1, -0.05) is 19.9 Å². The van der Waals surface area contributed by atoms with E-state index in [0.29, 0.717) is 6.04 Å². The van der Waals surface area contributed by atoms with Crippen LogP contribution >= 0.6 is 0 Å². The maximum atomic E-state index is 6.02. The Kier molecular flexibility index (Phi) is 5.38. The maximum Gasteiger partial charge on any atom is 0.213 e. The van der Waals surface area contributed by atoms with E-state index in [-0.39, 0.29) is 18.3 Å². The molecule has 0 amide bonds. The quantitative estimate of drug-likeness (QED) is 0.899. The number of nitrogens with zero attached hydrogens (tertiary/aromatic N) is 1. The highest BCUT2D eigenvalue weighted by atomic mass is 16.5. The van der Waals surface area contributed by atoms with Crippen LogP contribution in [-0.4, -0.2) is 29.3 Å². The van der Waals surface area contributed by atoms with Gasteiger partial charge in [-0.3, -0.25) is 0 Å². The summed E-state index contributed by atoms with van der Waals surface area (Å²) in [5.74, 6) is 0.722. The van der Waals surface area contributed by atoms with Crippen molar-refractivity contribution in [3.8, 4) is 5.88 Å². The van der Waals surface area contributed by atoms with Crippen LogP contribution in [0.2, 0.25) is 0 Å². The highest BCUT2D eigenvalue weighted by molar-refractivity contribution is 5.16. The van der Waals surface area contributed by atoms with Crippen LogP contribution < -0.4 is 10.1 Å². The van der Waals surface area contributed by atoms with Crippen molar-refractivity contribution in [3.63, 3.8) is 0 Å². The van der Waals surface area contributed by atoms with Gasteiger partial charge >= 0.3 is 0 Å². The zero-order valence-electron chi connectivity index (χ0n) is 12.9. The lowest BCUT2D eigenvalue weighted by atomic mass is 10.0. The first-order valence-electron chi connectivity index (χ1n) is 7.54. The van der Waals surface area contributed by atoms with Crippen LogP contribution in [0.3, 0.4) is 0 Å². The SMILES string of the molecule is CC(C)NCc1cccc(OC2CC(C)OC(C)C2)n1. The van der Waals surface area contributed by atoms with Crippen LogP contribution in [0.4, 0.5) is 0 Å². The summed E-state index contributed by atoms with van der Waals surface area (Å²) in [7, 11) is 0. The van der Waals surface area contributed by atoms with E-state index in [9.17, 15) is 0 Å². The van der Waals surface area contributed by atoms with Crippen LogP contribution in [0.5, 0.6) is 5.88 Å². The third-order valence-corrected chi connectivity index (χ3v) is 3.41. The molecule has 4 heteroatoms. The smallest absolute Gasteiger partial charge is 0.213 e. The standard InChI is InChI=1S/C16H26N2O2/c1-11(2)17-10-14-6-5-7-16(18-14)20-15-8-12(3)19-13(4)9-15/h5-7,11-13,15,17H,8-10H2,1-4H3. The highest BCUT2D eigenvalue weighted by Crippen LogP contribution is 2.23. The summed E-state index contributed by atoms with van der Waals surface area (Å²) in [5.41, 5.74) is 1.02. The fourth-order valence-corrected chi connectivity index (χ4v) is 2.54. The van der Waals surface area contributed by atoms with Crippen molar-refractivity contribution in [3.05, 3.63) is 23.9 Å². The van der Waals surface area contributed by atoms with Gasteiger partial charge in [0.1, 0.15) is 6.10 Å². The molecule has 112 valence electrons. The number of aromatic nitrogens is 1. The third-order valence-electron chi connectivity index (χ3n) is 3.41. The van der Waals surface area contributed by atoms with E-state index in [1.807, 2.05) is 18.2 Å². The molecular formula is C16H26N2O2. The van der Waals surface area contributed by atoms with Gasteiger partial charge in [0, 0.05) is 31.5 Å². The van der Waals surface area contributed by atoms with Gasteiger partial charge in [-0.05, 0) is 19.9 Å². The fraction of sp³-hybridized carbons (Fsp3) is 0.688. The van der Waals surface area contributed by atoms with Crippen LogP contribution in [-0.2, 0) is 11.3 Å². The Hall–Kier alpha value is -1.13. The van der Waals surface area contributed by atoms with Crippen molar-refractivity contribution in [1.29, 1.82) is 0 Å².